The number of para-hydroxylation sites is 1. The zero-order valence-electron chi connectivity index (χ0n) is 16.9. The number of aromatic nitrogens is 5. The van der Waals surface area contributed by atoms with Crippen molar-refractivity contribution in [3.63, 3.8) is 0 Å². The zero-order chi connectivity index (χ0) is 21.0. The summed E-state index contributed by atoms with van der Waals surface area (Å²) < 4.78 is 7.56. The van der Waals surface area contributed by atoms with Gasteiger partial charge in [0.1, 0.15) is 0 Å². The van der Waals surface area contributed by atoms with E-state index in [0.29, 0.717) is 37.4 Å². The second-order valence-corrected chi connectivity index (χ2v) is 7.39. The summed E-state index contributed by atoms with van der Waals surface area (Å²) in [7, 11) is 0. The first-order valence-corrected chi connectivity index (χ1v) is 10.2. The number of ether oxygens (including phenoxy) is 1. The fraction of sp³-hybridized carbons (Fsp3) is 0.217. The van der Waals surface area contributed by atoms with Crippen LogP contribution < -0.4 is 0 Å². The smallest absolute Gasteiger partial charge is 0.256 e. The molecule has 1 aliphatic heterocycles. The molecule has 156 valence electrons. The van der Waals surface area contributed by atoms with E-state index in [1.54, 1.807) is 18.6 Å². The minimum atomic E-state index is -0.0623. The van der Waals surface area contributed by atoms with Gasteiger partial charge in [0.05, 0.1) is 48.6 Å². The molecule has 1 aliphatic rings. The predicted octanol–water partition coefficient (Wildman–Crippen LogP) is 2.54. The summed E-state index contributed by atoms with van der Waals surface area (Å²) in [6, 6.07) is 17.5. The minimum absolute atomic E-state index is 0.0376. The lowest BCUT2D eigenvalue weighted by Crippen LogP contribution is -2.50. The molecule has 3 heterocycles. The van der Waals surface area contributed by atoms with Gasteiger partial charge in [-0.05, 0) is 42.3 Å². The van der Waals surface area contributed by atoms with Gasteiger partial charge in [0.15, 0.2) is 0 Å². The summed E-state index contributed by atoms with van der Waals surface area (Å²) >= 11 is 0. The highest BCUT2D eigenvalue weighted by molar-refractivity contribution is 5.98. The van der Waals surface area contributed by atoms with Gasteiger partial charge in [0.2, 0.25) is 0 Å². The number of hydrogen-bond acceptors (Lipinski definition) is 5. The second kappa shape index (κ2) is 8.53. The molecule has 0 bridgehead atoms. The number of carbonyl (C=O) groups is 1. The molecule has 1 amide bonds. The fourth-order valence-corrected chi connectivity index (χ4v) is 3.93. The molecular weight excluding hydrogens is 392 g/mol. The van der Waals surface area contributed by atoms with Gasteiger partial charge in [-0.2, -0.15) is 20.1 Å². The van der Waals surface area contributed by atoms with Crippen LogP contribution in [0.15, 0.2) is 79.4 Å². The van der Waals surface area contributed by atoms with E-state index in [-0.39, 0.29) is 11.9 Å². The number of carbonyl (C=O) groups excluding carboxylic acids is 1. The normalized spacial score (nSPS) is 16.4. The molecule has 5 rings (SSSR count). The van der Waals surface area contributed by atoms with E-state index in [4.69, 9.17) is 4.74 Å². The topological polar surface area (TPSA) is 78.1 Å². The quantitative estimate of drug-likeness (QED) is 0.502. The number of rotatable bonds is 5. The Labute approximate surface area is 179 Å². The highest BCUT2D eigenvalue weighted by Crippen LogP contribution is 2.21. The van der Waals surface area contributed by atoms with Gasteiger partial charge in [-0.15, -0.1) is 0 Å². The minimum Gasteiger partial charge on any atom is -0.377 e. The highest BCUT2D eigenvalue weighted by Gasteiger charge is 2.30. The lowest BCUT2D eigenvalue weighted by Gasteiger charge is -2.36. The molecule has 4 aromatic rings. The number of nitrogens with zero attached hydrogens (tertiary/aromatic N) is 6. The van der Waals surface area contributed by atoms with Gasteiger partial charge in [0.25, 0.3) is 5.91 Å². The van der Waals surface area contributed by atoms with Gasteiger partial charge >= 0.3 is 0 Å². The Balaban J connectivity index is 1.41. The van der Waals surface area contributed by atoms with Crippen LogP contribution in [0, 0.1) is 0 Å². The van der Waals surface area contributed by atoms with Crippen molar-refractivity contribution >= 4 is 5.91 Å². The van der Waals surface area contributed by atoms with Crippen molar-refractivity contribution in [1.82, 2.24) is 29.7 Å². The van der Waals surface area contributed by atoms with Gasteiger partial charge in [-0.1, -0.05) is 24.3 Å². The van der Waals surface area contributed by atoms with E-state index < -0.39 is 0 Å². The Kier molecular flexibility index (Phi) is 5.28. The Bertz CT molecular complexity index is 1160. The van der Waals surface area contributed by atoms with Gasteiger partial charge in [0, 0.05) is 18.9 Å². The van der Waals surface area contributed by atoms with Crippen molar-refractivity contribution in [2.45, 2.75) is 12.5 Å². The SMILES string of the molecule is O=C(c1ccccc1-n1nccn1)N1CCOCC1Cc1cccc(-n2cccn2)c1. The summed E-state index contributed by atoms with van der Waals surface area (Å²) in [5.41, 5.74) is 3.37. The van der Waals surface area contributed by atoms with E-state index in [2.05, 4.69) is 27.4 Å². The van der Waals surface area contributed by atoms with Crippen LogP contribution in [0.4, 0.5) is 0 Å². The lowest BCUT2D eigenvalue weighted by atomic mass is 10.0. The van der Waals surface area contributed by atoms with Crippen LogP contribution in [0.2, 0.25) is 0 Å². The van der Waals surface area contributed by atoms with E-state index in [9.17, 15) is 4.79 Å². The summed E-state index contributed by atoms with van der Waals surface area (Å²) in [5, 5.41) is 12.7. The standard InChI is InChI=1S/C23H22N6O2/c30-23(21-7-1-2-8-22(21)29-25-10-11-26-29)27-13-14-31-17-20(27)16-18-5-3-6-19(15-18)28-12-4-9-24-28/h1-12,15,20H,13-14,16-17H2. The summed E-state index contributed by atoms with van der Waals surface area (Å²) in [6.45, 7) is 1.57. The van der Waals surface area contributed by atoms with Crippen molar-refractivity contribution in [2.24, 2.45) is 0 Å². The summed E-state index contributed by atoms with van der Waals surface area (Å²) in [5.74, 6) is -0.0376. The maximum atomic E-state index is 13.6. The van der Waals surface area contributed by atoms with E-state index in [0.717, 1.165) is 11.3 Å². The number of amides is 1. The molecule has 1 saturated heterocycles. The molecule has 0 spiro atoms. The van der Waals surface area contributed by atoms with Crippen LogP contribution in [0.1, 0.15) is 15.9 Å². The molecule has 2 aromatic heterocycles. The summed E-state index contributed by atoms with van der Waals surface area (Å²) in [4.78, 5) is 16.9. The molecule has 0 saturated carbocycles. The van der Waals surface area contributed by atoms with Crippen LogP contribution >= 0.6 is 0 Å². The Morgan fingerprint density at radius 1 is 1.00 bits per heavy atom. The Morgan fingerprint density at radius 2 is 1.87 bits per heavy atom. The van der Waals surface area contributed by atoms with Crippen LogP contribution in [-0.2, 0) is 11.2 Å². The van der Waals surface area contributed by atoms with E-state index in [1.165, 1.54) is 4.80 Å². The third-order valence-corrected chi connectivity index (χ3v) is 5.41. The molecule has 31 heavy (non-hydrogen) atoms. The molecule has 8 nitrogen and oxygen atoms in total. The maximum Gasteiger partial charge on any atom is 0.256 e. The Hall–Kier alpha value is -3.78. The van der Waals surface area contributed by atoms with Gasteiger partial charge in [-0.3, -0.25) is 4.79 Å². The van der Waals surface area contributed by atoms with Crippen molar-refractivity contribution in [1.29, 1.82) is 0 Å². The molecule has 2 aromatic carbocycles. The van der Waals surface area contributed by atoms with Crippen LogP contribution in [0.25, 0.3) is 11.4 Å². The average molecular weight is 414 g/mol. The van der Waals surface area contributed by atoms with Gasteiger partial charge in [-0.25, -0.2) is 4.68 Å². The fourth-order valence-electron chi connectivity index (χ4n) is 3.93. The Morgan fingerprint density at radius 3 is 2.71 bits per heavy atom. The van der Waals surface area contributed by atoms with Crippen LogP contribution in [0.3, 0.4) is 0 Å². The third kappa shape index (κ3) is 3.97. The third-order valence-electron chi connectivity index (χ3n) is 5.41. The van der Waals surface area contributed by atoms with Crippen LogP contribution in [0.5, 0.6) is 0 Å². The molecular formula is C23H22N6O2. The van der Waals surface area contributed by atoms with Crippen LogP contribution in [-0.4, -0.2) is 61.4 Å². The van der Waals surface area contributed by atoms with Gasteiger partial charge < -0.3 is 9.64 Å². The molecule has 0 aliphatic carbocycles. The van der Waals surface area contributed by atoms with E-state index in [1.807, 2.05) is 58.2 Å². The molecule has 1 atom stereocenters. The van der Waals surface area contributed by atoms with Crippen molar-refractivity contribution < 1.29 is 9.53 Å². The lowest BCUT2D eigenvalue weighted by molar-refractivity contribution is -0.00165. The maximum absolute atomic E-state index is 13.6. The molecule has 1 unspecified atom stereocenters. The number of morpholine rings is 1. The largest absolute Gasteiger partial charge is 0.377 e. The first kappa shape index (κ1) is 19.2. The molecule has 0 radical (unpaired) electrons. The van der Waals surface area contributed by atoms with Crippen molar-refractivity contribution in [3.05, 3.63) is 90.5 Å². The average Bonchev–Trinajstić information content (AvgIpc) is 3.54. The zero-order valence-corrected chi connectivity index (χ0v) is 16.9. The monoisotopic (exact) mass is 414 g/mol. The second-order valence-electron chi connectivity index (χ2n) is 7.39. The summed E-state index contributed by atoms with van der Waals surface area (Å²) in [6.07, 6.45) is 7.58. The number of hydrogen-bond donors (Lipinski definition) is 0. The number of benzene rings is 2. The predicted molar refractivity (Wildman–Crippen MR) is 114 cm³/mol. The first-order chi connectivity index (χ1) is 15.3. The van der Waals surface area contributed by atoms with E-state index >= 15 is 0 Å². The van der Waals surface area contributed by atoms with Crippen molar-refractivity contribution in [3.8, 4) is 11.4 Å². The first-order valence-electron chi connectivity index (χ1n) is 10.2. The molecule has 8 heteroatoms. The van der Waals surface area contributed by atoms with Crippen molar-refractivity contribution in [2.75, 3.05) is 19.8 Å². The highest BCUT2D eigenvalue weighted by atomic mass is 16.5. The molecule has 1 fully saturated rings. The molecule has 0 N–H and O–H groups in total.